The molecule has 0 aliphatic carbocycles. The van der Waals surface area contributed by atoms with E-state index < -0.39 is 7.52 Å². The van der Waals surface area contributed by atoms with Gasteiger partial charge in [-0.25, -0.2) is 0 Å². The molecule has 0 aliphatic rings. The van der Waals surface area contributed by atoms with Crippen LogP contribution in [-0.4, -0.2) is 17.9 Å². The van der Waals surface area contributed by atoms with Crippen molar-refractivity contribution in [1.82, 2.24) is 0 Å². The summed E-state index contributed by atoms with van der Waals surface area (Å²) in [5.74, 6) is 0.238. The van der Waals surface area contributed by atoms with Crippen LogP contribution in [0.2, 0.25) is 0 Å². The van der Waals surface area contributed by atoms with Crippen LogP contribution in [0.3, 0.4) is 0 Å². The highest BCUT2D eigenvalue weighted by Crippen LogP contribution is 2.45. The zero-order valence-electron chi connectivity index (χ0n) is 11.3. The molecule has 2 aromatic rings. The zero-order chi connectivity index (χ0) is 15.1. The van der Waals surface area contributed by atoms with Gasteiger partial charge in [-0.1, -0.05) is 36.4 Å². The van der Waals surface area contributed by atoms with Gasteiger partial charge in [-0.2, -0.15) is 0 Å². The molecule has 0 bridgehead atoms. The maximum Gasteiger partial charge on any atom is 0.324 e. The molecule has 0 saturated carbocycles. The van der Waals surface area contributed by atoms with Crippen LogP contribution in [0.25, 0.3) is 0 Å². The van der Waals surface area contributed by atoms with Gasteiger partial charge in [0.2, 0.25) is 0 Å². The van der Waals surface area contributed by atoms with E-state index in [0.29, 0.717) is 5.30 Å². The van der Waals surface area contributed by atoms with Gasteiger partial charge in [0.1, 0.15) is 0 Å². The standard InChI is InChI=1S/C15H16Cl2NO2P/c16-11-13(17)12-20-21(19,15-9-5-2-6-10-15)18-14-7-3-1-4-8-14/h1-10,13H,11-12H2,(H,18,19)/t13-,21-/m1/s1. The molecule has 0 heterocycles. The summed E-state index contributed by atoms with van der Waals surface area (Å²) in [7, 11) is -3.25. The van der Waals surface area contributed by atoms with Gasteiger partial charge in [-0.3, -0.25) is 4.57 Å². The van der Waals surface area contributed by atoms with E-state index >= 15 is 0 Å². The fourth-order valence-corrected chi connectivity index (χ4v) is 3.73. The molecule has 0 amide bonds. The van der Waals surface area contributed by atoms with Gasteiger partial charge in [0.05, 0.1) is 17.3 Å². The average molecular weight is 344 g/mol. The molecule has 2 atom stereocenters. The van der Waals surface area contributed by atoms with Gasteiger partial charge in [-0.15, -0.1) is 23.2 Å². The third kappa shape index (κ3) is 4.76. The Bertz CT molecular complexity index is 595. The second-order valence-electron chi connectivity index (χ2n) is 4.41. The molecule has 21 heavy (non-hydrogen) atoms. The van der Waals surface area contributed by atoms with E-state index in [2.05, 4.69) is 5.09 Å². The van der Waals surface area contributed by atoms with Gasteiger partial charge in [-0.05, 0) is 24.3 Å². The molecule has 0 spiro atoms. The number of benzene rings is 2. The largest absolute Gasteiger partial charge is 0.324 e. The van der Waals surface area contributed by atoms with Crippen LogP contribution in [-0.2, 0) is 9.09 Å². The monoisotopic (exact) mass is 343 g/mol. The van der Waals surface area contributed by atoms with E-state index in [-0.39, 0.29) is 17.9 Å². The highest BCUT2D eigenvalue weighted by Gasteiger charge is 2.27. The molecule has 3 nitrogen and oxygen atoms in total. The lowest BCUT2D eigenvalue weighted by molar-refractivity contribution is 0.326. The van der Waals surface area contributed by atoms with E-state index in [1.54, 1.807) is 12.1 Å². The molecule has 0 aliphatic heterocycles. The van der Waals surface area contributed by atoms with E-state index in [1.807, 2.05) is 48.5 Å². The minimum Gasteiger partial charge on any atom is -0.312 e. The predicted octanol–water partition coefficient (Wildman–Crippen LogP) is 4.48. The Balaban J connectivity index is 2.24. The molecule has 112 valence electrons. The summed E-state index contributed by atoms with van der Waals surface area (Å²) < 4.78 is 18.8. The summed E-state index contributed by atoms with van der Waals surface area (Å²) in [6.45, 7) is 0.108. The van der Waals surface area contributed by atoms with Crippen molar-refractivity contribution in [2.45, 2.75) is 5.38 Å². The van der Waals surface area contributed by atoms with Crippen LogP contribution >= 0.6 is 30.7 Å². The van der Waals surface area contributed by atoms with Gasteiger partial charge < -0.3 is 9.61 Å². The van der Waals surface area contributed by atoms with Crippen LogP contribution < -0.4 is 10.4 Å². The quantitative estimate of drug-likeness (QED) is 0.595. The van der Waals surface area contributed by atoms with Crippen molar-refractivity contribution in [1.29, 1.82) is 0 Å². The summed E-state index contributed by atoms with van der Waals surface area (Å²) in [6.07, 6.45) is 0. The van der Waals surface area contributed by atoms with Crippen molar-refractivity contribution < 1.29 is 9.09 Å². The van der Waals surface area contributed by atoms with Gasteiger partial charge in [0.25, 0.3) is 0 Å². The Morgan fingerprint density at radius 3 is 2.19 bits per heavy atom. The molecule has 0 radical (unpaired) electrons. The maximum absolute atomic E-state index is 13.2. The first kappa shape index (κ1) is 16.4. The zero-order valence-corrected chi connectivity index (χ0v) is 13.7. The molecular formula is C15H16Cl2NO2P. The van der Waals surface area contributed by atoms with Crippen LogP contribution in [0, 0.1) is 0 Å². The van der Waals surface area contributed by atoms with Crippen molar-refractivity contribution in [3.63, 3.8) is 0 Å². The van der Waals surface area contributed by atoms with E-state index in [9.17, 15) is 4.57 Å². The first-order chi connectivity index (χ1) is 10.1. The minimum absolute atomic E-state index is 0.108. The van der Waals surface area contributed by atoms with Crippen molar-refractivity contribution >= 4 is 41.7 Å². The second kappa shape index (κ2) is 7.86. The fraction of sp³-hybridized carbons (Fsp3) is 0.200. The molecule has 0 unspecified atom stereocenters. The molecule has 2 aromatic carbocycles. The number of halogens is 2. The number of nitrogens with one attached hydrogen (secondary N) is 1. The summed E-state index contributed by atoms with van der Waals surface area (Å²) in [4.78, 5) is 0. The summed E-state index contributed by atoms with van der Waals surface area (Å²) in [6, 6.07) is 18.3. The van der Waals surface area contributed by atoms with Crippen molar-refractivity contribution in [3.8, 4) is 0 Å². The lowest BCUT2D eigenvalue weighted by Gasteiger charge is -2.21. The van der Waals surface area contributed by atoms with Crippen LogP contribution in [0.4, 0.5) is 5.69 Å². The Hall–Kier alpha value is -0.990. The number of anilines is 1. The molecule has 0 aromatic heterocycles. The van der Waals surface area contributed by atoms with Crippen molar-refractivity contribution in [2.24, 2.45) is 0 Å². The third-order valence-corrected chi connectivity index (χ3v) is 5.60. The molecule has 2 rings (SSSR count). The predicted molar refractivity (Wildman–Crippen MR) is 90.1 cm³/mol. The first-order valence-corrected chi connectivity index (χ1v) is 9.07. The Morgan fingerprint density at radius 1 is 1.05 bits per heavy atom. The minimum atomic E-state index is -3.25. The van der Waals surface area contributed by atoms with Crippen molar-refractivity contribution in [2.75, 3.05) is 17.6 Å². The highest BCUT2D eigenvalue weighted by molar-refractivity contribution is 7.68. The highest BCUT2D eigenvalue weighted by atomic mass is 35.5. The summed E-state index contributed by atoms with van der Waals surface area (Å²) >= 11 is 11.6. The Labute approximate surface area is 134 Å². The average Bonchev–Trinajstić information content (AvgIpc) is 2.54. The normalized spacial score (nSPS) is 15.1. The number of hydrogen-bond donors (Lipinski definition) is 1. The lowest BCUT2D eigenvalue weighted by atomic mass is 10.3. The van der Waals surface area contributed by atoms with Crippen LogP contribution in [0.5, 0.6) is 0 Å². The third-order valence-electron chi connectivity index (χ3n) is 2.75. The summed E-state index contributed by atoms with van der Waals surface area (Å²) in [5.41, 5.74) is 0.724. The SMILES string of the molecule is O=[P@@](Nc1ccccc1)(OC[C@H](Cl)CCl)c1ccccc1. The fourth-order valence-electron chi connectivity index (χ4n) is 1.71. The number of rotatable bonds is 7. The van der Waals surface area contributed by atoms with Gasteiger partial charge in [0.15, 0.2) is 0 Å². The number of hydrogen-bond acceptors (Lipinski definition) is 2. The van der Waals surface area contributed by atoms with Crippen LogP contribution in [0.1, 0.15) is 0 Å². The Kier molecular flexibility index (Phi) is 6.13. The van der Waals surface area contributed by atoms with Gasteiger partial charge >= 0.3 is 7.52 Å². The lowest BCUT2D eigenvalue weighted by Crippen LogP contribution is -2.18. The first-order valence-electron chi connectivity index (χ1n) is 6.47. The number of alkyl halides is 2. The molecule has 1 N–H and O–H groups in total. The van der Waals surface area contributed by atoms with Gasteiger partial charge in [0, 0.05) is 11.6 Å². The molecule has 0 saturated heterocycles. The molecule has 0 fully saturated rings. The van der Waals surface area contributed by atoms with E-state index in [4.69, 9.17) is 27.7 Å². The molecular weight excluding hydrogens is 328 g/mol. The number of para-hydroxylation sites is 1. The van der Waals surface area contributed by atoms with E-state index in [0.717, 1.165) is 5.69 Å². The molecule has 6 heteroatoms. The second-order valence-corrected chi connectivity index (χ2v) is 7.44. The van der Waals surface area contributed by atoms with Crippen molar-refractivity contribution in [3.05, 3.63) is 60.7 Å². The maximum atomic E-state index is 13.2. The smallest absolute Gasteiger partial charge is 0.312 e. The summed E-state index contributed by atoms with van der Waals surface area (Å²) in [5, 5.41) is 3.19. The van der Waals surface area contributed by atoms with E-state index in [1.165, 1.54) is 0 Å². The Morgan fingerprint density at radius 2 is 1.62 bits per heavy atom. The van der Waals surface area contributed by atoms with Crippen LogP contribution in [0.15, 0.2) is 60.7 Å². The topological polar surface area (TPSA) is 38.3 Å².